The number of amides is 3. The Hall–Kier alpha value is -3.71. The van der Waals surface area contributed by atoms with Crippen molar-refractivity contribution in [2.24, 2.45) is 0 Å². The number of hydrogen-bond acceptors (Lipinski definition) is 4. The summed E-state index contributed by atoms with van der Waals surface area (Å²) in [4.78, 5) is 27.8. The Bertz CT molecular complexity index is 1170. The van der Waals surface area contributed by atoms with Gasteiger partial charge in [0.25, 0.3) is 5.91 Å². The predicted molar refractivity (Wildman–Crippen MR) is 132 cm³/mol. The van der Waals surface area contributed by atoms with E-state index in [9.17, 15) is 9.59 Å². The molecule has 0 saturated heterocycles. The fourth-order valence-electron chi connectivity index (χ4n) is 4.10. The molecule has 3 aromatic carbocycles. The molecule has 1 aliphatic rings. The first-order valence-corrected chi connectivity index (χ1v) is 11.3. The number of benzene rings is 3. The molecule has 0 spiro atoms. The molecule has 34 heavy (non-hydrogen) atoms. The van der Waals surface area contributed by atoms with Crippen molar-refractivity contribution in [3.63, 3.8) is 0 Å². The van der Waals surface area contributed by atoms with E-state index in [-0.39, 0.29) is 18.5 Å². The zero-order valence-electron chi connectivity index (χ0n) is 19.0. The van der Waals surface area contributed by atoms with Crippen LogP contribution in [-0.2, 0) is 6.42 Å². The Morgan fingerprint density at radius 2 is 1.68 bits per heavy atom. The molecular formula is C26H26ClN3O4. The Labute approximate surface area is 203 Å². The topological polar surface area (TPSA) is 79.9 Å². The Morgan fingerprint density at radius 3 is 2.35 bits per heavy atom. The molecule has 176 valence electrons. The fourth-order valence-corrected chi connectivity index (χ4v) is 4.23. The smallest absolute Gasteiger partial charge is 0.322 e. The maximum atomic E-state index is 13.2. The molecule has 1 atom stereocenters. The number of para-hydroxylation sites is 1. The second-order valence-electron chi connectivity index (χ2n) is 7.88. The summed E-state index contributed by atoms with van der Waals surface area (Å²) < 4.78 is 11.0. The first-order chi connectivity index (χ1) is 16.5. The average Bonchev–Trinajstić information content (AvgIpc) is 2.87. The maximum Gasteiger partial charge on any atom is 0.322 e. The van der Waals surface area contributed by atoms with Gasteiger partial charge in [0.1, 0.15) is 0 Å². The molecule has 0 saturated carbocycles. The van der Waals surface area contributed by atoms with E-state index in [1.54, 1.807) is 43.4 Å². The van der Waals surface area contributed by atoms with Crippen LogP contribution in [0.15, 0.2) is 66.7 Å². The third kappa shape index (κ3) is 5.10. The van der Waals surface area contributed by atoms with Gasteiger partial charge in [-0.15, -0.1) is 0 Å². The van der Waals surface area contributed by atoms with Crippen LogP contribution >= 0.6 is 11.6 Å². The van der Waals surface area contributed by atoms with Gasteiger partial charge in [-0.1, -0.05) is 29.8 Å². The van der Waals surface area contributed by atoms with E-state index < -0.39 is 6.04 Å². The molecule has 0 bridgehead atoms. The van der Waals surface area contributed by atoms with Gasteiger partial charge in [-0.05, 0) is 66.1 Å². The molecule has 4 rings (SSSR count). The summed E-state index contributed by atoms with van der Waals surface area (Å²) >= 11 is 5.94. The van der Waals surface area contributed by atoms with Gasteiger partial charge in [-0.25, -0.2) is 4.79 Å². The quantitative estimate of drug-likeness (QED) is 0.526. The van der Waals surface area contributed by atoms with Crippen LogP contribution in [0.4, 0.5) is 10.5 Å². The highest BCUT2D eigenvalue weighted by Crippen LogP contribution is 2.38. The van der Waals surface area contributed by atoms with Gasteiger partial charge < -0.3 is 25.0 Å². The Morgan fingerprint density at radius 1 is 1.00 bits per heavy atom. The van der Waals surface area contributed by atoms with Gasteiger partial charge >= 0.3 is 6.03 Å². The van der Waals surface area contributed by atoms with Crippen molar-refractivity contribution in [3.8, 4) is 11.5 Å². The third-order valence-electron chi connectivity index (χ3n) is 5.85. The zero-order valence-corrected chi connectivity index (χ0v) is 19.8. The second-order valence-corrected chi connectivity index (χ2v) is 8.31. The lowest BCUT2D eigenvalue weighted by atomic mass is 9.91. The van der Waals surface area contributed by atoms with Crippen LogP contribution in [-0.4, -0.2) is 44.1 Å². The molecule has 2 N–H and O–H groups in total. The minimum Gasteiger partial charge on any atom is -0.493 e. The number of nitrogens with one attached hydrogen (secondary N) is 2. The maximum absolute atomic E-state index is 13.2. The van der Waals surface area contributed by atoms with Crippen molar-refractivity contribution in [3.05, 3.63) is 88.4 Å². The number of anilines is 1. The molecule has 8 heteroatoms. The number of hydrogen-bond donors (Lipinski definition) is 2. The fraction of sp³-hybridized carbons (Fsp3) is 0.231. The molecule has 7 nitrogen and oxygen atoms in total. The summed E-state index contributed by atoms with van der Waals surface area (Å²) in [6.07, 6.45) is 0.652. The minimum atomic E-state index is -0.400. The normalized spacial score (nSPS) is 14.7. The molecule has 0 fully saturated rings. The second kappa shape index (κ2) is 10.5. The lowest BCUT2D eigenvalue weighted by Gasteiger charge is -2.38. The SMILES string of the molecule is COc1cc2c(cc1OC)[C@@H](CNC(=O)c1ccc(Cl)cc1)N(C(=O)Nc1ccccc1)CC2. The van der Waals surface area contributed by atoms with Crippen LogP contribution in [0.25, 0.3) is 0 Å². The minimum absolute atomic E-state index is 0.228. The lowest BCUT2D eigenvalue weighted by molar-refractivity contribution is 0.0936. The van der Waals surface area contributed by atoms with E-state index in [0.717, 1.165) is 11.1 Å². The van der Waals surface area contributed by atoms with Gasteiger partial charge in [-0.2, -0.15) is 0 Å². The molecule has 3 amide bonds. The summed E-state index contributed by atoms with van der Waals surface area (Å²) in [5, 5.41) is 6.48. The number of carbonyl (C=O) groups excluding carboxylic acids is 2. The van der Waals surface area contributed by atoms with Gasteiger partial charge in [0.05, 0.1) is 20.3 Å². The monoisotopic (exact) mass is 479 g/mol. The number of nitrogens with zero attached hydrogens (tertiary/aromatic N) is 1. The molecule has 0 aromatic heterocycles. The van der Waals surface area contributed by atoms with Gasteiger partial charge in [-0.3, -0.25) is 4.79 Å². The van der Waals surface area contributed by atoms with E-state index >= 15 is 0 Å². The van der Waals surface area contributed by atoms with Crippen LogP contribution in [0.3, 0.4) is 0 Å². The van der Waals surface area contributed by atoms with Crippen LogP contribution in [0.1, 0.15) is 27.5 Å². The number of methoxy groups -OCH3 is 2. The molecule has 1 heterocycles. The first kappa shape index (κ1) is 23.4. The van der Waals surface area contributed by atoms with Gasteiger partial charge in [0.2, 0.25) is 0 Å². The van der Waals surface area contributed by atoms with E-state index in [4.69, 9.17) is 21.1 Å². The molecule has 0 radical (unpaired) electrons. The predicted octanol–water partition coefficient (Wildman–Crippen LogP) is 4.92. The van der Waals surface area contributed by atoms with Crippen molar-refractivity contribution >= 4 is 29.2 Å². The largest absolute Gasteiger partial charge is 0.493 e. The molecule has 0 aliphatic carbocycles. The van der Waals surface area contributed by atoms with Crippen molar-refractivity contribution in [1.82, 2.24) is 10.2 Å². The van der Waals surface area contributed by atoms with Crippen LogP contribution in [0, 0.1) is 0 Å². The summed E-state index contributed by atoms with van der Waals surface area (Å²) in [7, 11) is 3.17. The highest BCUT2D eigenvalue weighted by atomic mass is 35.5. The Kier molecular flexibility index (Phi) is 7.23. The van der Waals surface area contributed by atoms with Crippen molar-refractivity contribution in [2.75, 3.05) is 32.6 Å². The third-order valence-corrected chi connectivity index (χ3v) is 6.10. The van der Waals surface area contributed by atoms with Crippen molar-refractivity contribution < 1.29 is 19.1 Å². The zero-order chi connectivity index (χ0) is 24.1. The average molecular weight is 480 g/mol. The summed E-state index contributed by atoms with van der Waals surface area (Å²) in [6, 6.07) is 19.1. The van der Waals surface area contributed by atoms with E-state index in [2.05, 4.69) is 10.6 Å². The van der Waals surface area contributed by atoms with Gasteiger partial charge in [0, 0.05) is 29.4 Å². The first-order valence-electron chi connectivity index (χ1n) is 10.9. The highest BCUT2D eigenvalue weighted by molar-refractivity contribution is 6.30. The number of carbonyl (C=O) groups is 2. The lowest BCUT2D eigenvalue weighted by Crippen LogP contribution is -2.46. The number of halogens is 1. The van der Waals surface area contributed by atoms with Crippen LogP contribution in [0.5, 0.6) is 11.5 Å². The summed E-state index contributed by atoms with van der Waals surface area (Å²) in [5.41, 5.74) is 3.15. The van der Waals surface area contributed by atoms with Gasteiger partial charge in [0.15, 0.2) is 11.5 Å². The number of rotatable bonds is 6. The molecule has 0 unspecified atom stereocenters. The Balaban J connectivity index is 1.62. The van der Waals surface area contributed by atoms with Crippen LogP contribution < -0.4 is 20.1 Å². The highest BCUT2D eigenvalue weighted by Gasteiger charge is 2.32. The van der Waals surface area contributed by atoms with Crippen LogP contribution in [0.2, 0.25) is 5.02 Å². The van der Waals surface area contributed by atoms with Crippen molar-refractivity contribution in [1.29, 1.82) is 0 Å². The summed E-state index contributed by atoms with van der Waals surface area (Å²) in [6.45, 7) is 0.717. The molecule has 3 aromatic rings. The molecular weight excluding hydrogens is 454 g/mol. The molecule has 1 aliphatic heterocycles. The van der Waals surface area contributed by atoms with E-state index in [1.807, 2.05) is 42.5 Å². The summed E-state index contributed by atoms with van der Waals surface area (Å²) in [5.74, 6) is 0.959. The van der Waals surface area contributed by atoms with E-state index in [0.29, 0.717) is 40.7 Å². The van der Waals surface area contributed by atoms with E-state index in [1.165, 1.54) is 0 Å². The number of urea groups is 1. The number of fused-ring (bicyclic) bond motifs is 1. The number of ether oxygens (including phenoxy) is 2. The van der Waals surface area contributed by atoms with Crippen molar-refractivity contribution in [2.45, 2.75) is 12.5 Å². The standard InChI is InChI=1S/C26H26ClN3O4/c1-33-23-14-18-12-13-30(26(32)29-20-6-4-3-5-7-20)22(21(18)15-24(23)34-2)16-28-25(31)17-8-10-19(27)11-9-17/h3-11,14-15,22H,12-13,16H2,1-2H3,(H,28,31)(H,29,32)/t22-/m1/s1.